The Morgan fingerprint density at radius 3 is 2.59 bits per heavy atom. The summed E-state index contributed by atoms with van der Waals surface area (Å²) in [6.45, 7) is 4.03. The summed E-state index contributed by atoms with van der Waals surface area (Å²) in [4.78, 5) is 1.60. The van der Waals surface area contributed by atoms with Crippen molar-refractivity contribution >= 4 is 27.5 Å². The third kappa shape index (κ3) is 2.78. The first-order chi connectivity index (χ1) is 10.5. The van der Waals surface area contributed by atoms with E-state index in [9.17, 15) is 0 Å². The number of aromatic nitrogens is 4. The van der Waals surface area contributed by atoms with Gasteiger partial charge >= 0.3 is 0 Å². The van der Waals surface area contributed by atoms with Crippen LogP contribution in [0.3, 0.4) is 0 Å². The summed E-state index contributed by atoms with van der Waals surface area (Å²) in [6, 6.07) is 15.5. The van der Waals surface area contributed by atoms with Crippen LogP contribution in [-0.2, 0) is 5.54 Å². The predicted molar refractivity (Wildman–Crippen MR) is 90.8 cm³/mol. The van der Waals surface area contributed by atoms with Gasteiger partial charge in [0.25, 0.3) is 0 Å². The molecular weight excluding hydrogens is 364 g/mol. The molecule has 2 aromatic carbocycles. The zero-order chi connectivity index (χ0) is 15.7. The van der Waals surface area contributed by atoms with Gasteiger partial charge in [0.2, 0.25) is 5.82 Å². The highest BCUT2D eigenvalue weighted by Gasteiger charge is 2.28. The van der Waals surface area contributed by atoms with Crippen LogP contribution in [-0.4, -0.2) is 20.2 Å². The molecule has 0 fully saturated rings. The smallest absolute Gasteiger partial charge is 0.154 e. The SMILES string of the molecule is CC(C)(c1ccccc1Cl)n1nnc(-c2cccc(Br)c2)n1. The Hall–Kier alpha value is -1.72. The quantitative estimate of drug-likeness (QED) is 0.673. The van der Waals surface area contributed by atoms with E-state index in [1.54, 1.807) is 4.80 Å². The Balaban J connectivity index is 2.01. The lowest BCUT2D eigenvalue weighted by molar-refractivity contribution is 0.337. The summed E-state index contributed by atoms with van der Waals surface area (Å²) >= 11 is 9.76. The number of hydrogen-bond acceptors (Lipinski definition) is 3. The van der Waals surface area contributed by atoms with Crippen molar-refractivity contribution in [3.05, 3.63) is 63.6 Å². The van der Waals surface area contributed by atoms with Crippen LogP contribution in [0.15, 0.2) is 53.0 Å². The summed E-state index contributed by atoms with van der Waals surface area (Å²) in [5.41, 5.74) is 1.38. The second kappa shape index (κ2) is 5.82. The fraction of sp³-hybridized carbons (Fsp3) is 0.188. The van der Waals surface area contributed by atoms with Crippen LogP contribution in [0.25, 0.3) is 11.4 Å². The Morgan fingerprint density at radius 1 is 1.09 bits per heavy atom. The Bertz CT molecular complexity index is 813. The van der Waals surface area contributed by atoms with Gasteiger partial charge in [-0.15, -0.1) is 10.2 Å². The maximum atomic E-state index is 6.31. The van der Waals surface area contributed by atoms with Crippen molar-refractivity contribution in [3.63, 3.8) is 0 Å². The standard InChI is InChI=1S/C16H14BrClN4/c1-16(2,13-8-3-4-9-14(13)18)22-20-15(19-21-22)11-6-5-7-12(17)10-11/h3-10H,1-2H3. The number of rotatable bonds is 3. The molecule has 0 atom stereocenters. The Kier molecular flexibility index (Phi) is 4.02. The molecule has 1 heterocycles. The highest BCUT2D eigenvalue weighted by molar-refractivity contribution is 9.10. The van der Waals surface area contributed by atoms with Crippen molar-refractivity contribution in [2.24, 2.45) is 0 Å². The molecule has 0 radical (unpaired) electrons. The van der Waals surface area contributed by atoms with E-state index in [0.29, 0.717) is 10.8 Å². The zero-order valence-corrected chi connectivity index (χ0v) is 14.5. The van der Waals surface area contributed by atoms with Gasteiger partial charge in [-0.25, -0.2) is 0 Å². The normalized spacial score (nSPS) is 11.6. The molecule has 0 saturated heterocycles. The van der Waals surface area contributed by atoms with E-state index in [2.05, 4.69) is 31.3 Å². The maximum absolute atomic E-state index is 6.31. The van der Waals surface area contributed by atoms with Gasteiger partial charge in [0.1, 0.15) is 5.54 Å². The van der Waals surface area contributed by atoms with Crippen LogP contribution in [0.4, 0.5) is 0 Å². The summed E-state index contributed by atoms with van der Waals surface area (Å²) < 4.78 is 0.978. The van der Waals surface area contributed by atoms with Crippen LogP contribution in [0.1, 0.15) is 19.4 Å². The lowest BCUT2D eigenvalue weighted by atomic mass is 9.95. The highest BCUT2D eigenvalue weighted by atomic mass is 79.9. The predicted octanol–water partition coefficient (Wildman–Crippen LogP) is 4.54. The van der Waals surface area contributed by atoms with Crippen LogP contribution in [0, 0.1) is 0 Å². The third-order valence-electron chi connectivity index (χ3n) is 3.53. The molecule has 0 N–H and O–H groups in total. The largest absolute Gasteiger partial charge is 0.204 e. The summed E-state index contributed by atoms with van der Waals surface area (Å²) in [7, 11) is 0. The number of hydrogen-bond donors (Lipinski definition) is 0. The number of tetrazole rings is 1. The molecule has 4 nitrogen and oxygen atoms in total. The Labute approximate surface area is 142 Å². The molecule has 0 spiro atoms. The summed E-state index contributed by atoms with van der Waals surface area (Å²) in [5.74, 6) is 0.585. The van der Waals surface area contributed by atoms with Gasteiger partial charge in [0.05, 0.1) is 0 Å². The van der Waals surface area contributed by atoms with E-state index >= 15 is 0 Å². The van der Waals surface area contributed by atoms with Crippen molar-refractivity contribution in [2.45, 2.75) is 19.4 Å². The van der Waals surface area contributed by atoms with Crippen LogP contribution >= 0.6 is 27.5 Å². The minimum Gasteiger partial charge on any atom is -0.154 e. The first-order valence-electron chi connectivity index (χ1n) is 6.80. The minimum absolute atomic E-state index is 0.490. The summed E-state index contributed by atoms with van der Waals surface area (Å²) in [6.07, 6.45) is 0. The Morgan fingerprint density at radius 2 is 1.86 bits per heavy atom. The minimum atomic E-state index is -0.490. The van der Waals surface area contributed by atoms with Gasteiger partial charge in [-0.2, -0.15) is 4.80 Å². The van der Waals surface area contributed by atoms with Gasteiger partial charge < -0.3 is 0 Å². The highest BCUT2D eigenvalue weighted by Crippen LogP contribution is 2.30. The number of halogens is 2. The fourth-order valence-electron chi connectivity index (χ4n) is 2.26. The number of benzene rings is 2. The van der Waals surface area contributed by atoms with Gasteiger partial charge in [0.15, 0.2) is 0 Å². The first-order valence-corrected chi connectivity index (χ1v) is 7.97. The van der Waals surface area contributed by atoms with Crippen molar-refractivity contribution < 1.29 is 0 Å². The van der Waals surface area contributed by atoms with Gasteiger partial charge in [-0.05, 0) is 42.8 Å². The molecule has 0 bridgehead atoms. The van der Waals surface area contributed by atoms with E-state index in [1.807, 2.05) is 62.4 Å². The van der Waals surface area contributed by atoms with Crippen molar-refractivity contribution in [2.75, 3.05) is 0 Å². The third-order valence-corrected chi connectivity index (χ3v) is 4.35. The molecule has 6 heteroatoms. The molecule has 3 aromatic rings. The topological polar surface area (TPSA) is 43.6 Å². The second-order valence-corrected chi connectivity index (χ2v) is 6.77. The average molecular weight is 378 g/mol. The van der Waals surface area contributed by atoms with Gasteiger partial charge in [-0.3, -0.25) is 0 Å². The van der Waals surface area contributed by atoms with Crippen LogP contribution in [0.5, 0.6) is 0 Å². The second-order valence-electron chi connectivity index (χ2n) is 5.45. The van der Waals surface area contributed by atoms with Gasteiger partial charge in [-0.1, -0.05) is 57.9 Å². The molecule has 1 aromatic heterocycles. The van der Waals surface area contributed by atoms with Crippen LogP contribution < -0.4 is 0 Å². The molecule has 0 saturated carbocycles. The molecule has 0 amide bonds. The van der Waals surface area contributed by atoms with E-state index in [-0.39, 0.29) is 0 Å². The molecule has 0 aliphatic carbocycles. The van der Waals surface area contributed by atoms with E-state index < -0.39 is 5.54 Å². The fourth-order valence-corrected chi connectivity index (χ4v) is 3.03. The lowest BCUT2D eigenvalue weighted by Gasteiger charge is -2.24. The van der Waals surface area contributed by atoms with Gasteiger partial charge in [0, 0.05) is 15.1 Å². The molecule has 22 heavy (non-hydrogen) atoms. The van der Waals surface area contributed by atoms with E-state index in [1.165, 1.54) is 0 Å². The summed E-state index contributed by atoms with van der Waals surface area (Å²) in [5, 5.41) is 13.6. The molecule has 0 unspecified atom stereocenters. The van der Waals surface area contributed by atoms with Crippen molar-refractivity contribution in [1.29, 1.82) is 0 Å². The lowest BCUT2D eigenvalue weighted by Crippen LogP contribution is -2.30. The molecule has 0 aliphatic heterocycles. The maximum Gasteiger partial charge on any atom is 0.204 e. The average Bonchev–Trinajstić information content (AvgIpc) is 2.98. The van der Waals surface area contributed by atoms with E-state index in [4.69, 9.17) is 11.6 Å². The molecular formula is C16H14BrClN4. The molecule has 3 rings (SSSR count). The van der Waals surface area contributed by atoms with Crippen LogP contribution in [0.2, 0.25) is 5.02 Å². The number of nitrogens with zero attached hydrogens (tertiary/aromatic N) is 4. The molecule has 112 valence electrons. The monoisotopic (exact) mass is 376 g/mol. The zero-order valence-electron chi connectivity index (χ0n) is 12.2. The van der Waals surface area contributed by atoms with E-state index in [0.717, 1.165) is 15.6 Å². The first kappa shape index (κ1) is 15.2. The molecule has 0 aliphatic rings. The van der Waals surface area contributed by atoms with Crippen molar-refractivity contribution in [3.8, 4) is 11.4 Å². The van der Waals surface area contributed by atoms with Crippen molar-refractivity contribution in [1.82, 2.24) is 20.2 Å².